The average molecular weight is 387 g/mol. The number of urea groups is 1. The molecule has 148 valence electrons. The highest BCUT2D eigenvalue weighted by molar-refractivity contribution is 5.97. The van der Waals surface area contributed by atoms with E-state index in [-0.39, 0.29) is 6.04 Å². The lowest BCUT2D eigenvalue weighted by molar-refractivity contribution is -0.122. The van der Waals surface area contributed by atoms with Crippen molar-refractivity contribution in [1.82, 2.24) is 16.0 Å². The van der Waals surface area contributed by atoms with Gasteiger partial charge in [0.2, 0.25) is 5.91 Å². The number of nitrogens with one attached hydrogen (secondary N) is 3. The van der Waals surface area contributed by atoms with Crippen LogP contribution in [0.1, 0.15) is 34.3 Å². The normalized spacial score (nSPS) is 12.6. The van der Waals surface area contributed by atoms with Gasteiger partial charge in [-0.15, -0.1) is 0 Å². The number of benzene rings is 3. The molecule has 0 saturated heterocycles. The van der Waals surface area contributed by atoms with E-state index >= 15 is 0 Å². The molecule has 5 nitrogen and oxygen atoms in total. The second-order valence-corrected chi connectivity index (χ2v) is 6.83. The molecule has 3 amide bonds. The van der Waals surface area contributed by atoms with Gasteiger partial charge in [-0.1, -0.05) is 90.5 Å². The Morgan fingerprint density at radius 2 is 1.24 bits per heavy atom. The molecule has 29 heavy (non-hydrogen) atoms. The highest BCUT2D eigenvalue weighted by Gasteiger charge is 2.26. The van der Waals surface area contributed by atoms with E-state index < -0.39 is 18.0 Å². The van der Waals surface area contributed by atoms with E-state index in [1.165, 1.54) is 7.05 Å². The van der Waals surface area contributed by atoms with Gasteiger partial charge in [0.05, 0.1) is 6.04 Å². The molecule has 2 atom stereocenters. The first-order chi connectivity index (χ1) is 14.1. The fraction of sp³-hybridized carbons (Fsp3) is 0.167. The zero-order valence-corrected chi connectivity index (χ0v) is 16.6. The number of rotatable bonds is 6. The predicted octanol–water partition coefficient (Wildman–Crippen LogP) is 3.87. The SMILES string of the molecule is CNC(=O)NC(=O)[C@@H](N[C@@H](c1ccccc1)c1ccc(C)cc1)c1ccccc1. The number of amides is 3. The van der Waals surface area contributed by atoms with Gasteiger partial charge in [-0.2, -0.15) is 0 Å². The molecule has 0 aliphatic carbocycles. The second-order valence-electron chi connectivity index (χ2n) is 6.83. The lowest BCUT2D eigenvalue weighted by Crippen LogP contribution is -2.45. The number of carbonyl (C=O) groups excluding carboxylic acids is 2. The van der Waals surface area contributed by atoms with Crippen LogP contribution in [0.3, 0.4) is 0 Å². The molecule has 0 bridgehead atoms. The summed E-state index contributed by atoms with van der Waals surface area (Å²) >= 11 is 0. The van der Waals surface area contributed by atoms with Crippen molar-refractivity contribution in [1.29, 1.82) is 0 Å². The average Bonchev–Trinajstić information content (AvgIpc) is 2.76. The van der Waals surface area contributed by atoms with Gasteiger partial charge >= 0.3 is 6.03 Å². The van der Waals surface area contributed by atoms with Crippen LogP contribution in [0.2, 0.25) is 0 Å². The van der Waals surface area contributed by atoms with Crippen LogP contribution in [0.25, 0.3) is 0 Å². The van der Waals surface area contributed by atoms with Crippen molar-refractivity contribution < 1.29 is 9.59 Å². The first-order valence-corrected chi connectivity index (χ1v) is 9.53. The third-order valence-corrected chi connectivity index (χ3v) is 4.74. The van der Waals surface area contributed by atoms with Gasteiger partial charge in [0.25, 0.3) is 0 Å². The Kier molecular flexibility index (Phi) is 6.76. The van der Waals surface area contributed by atoms with Crippen LogP contribution in [-0.4, -0.2) is 19.0 Å². The van der Waals surface area contributed by atoms with E-state index in [9.17, 15) is 9.59 Å². The molecule has 3 N–H and O–H groups in total. The third-order valence-electron chi connectivity index (χ3n) is 4.74. The van der Waals surface area contributed by atoms with Crippen LogP contribution in [0.15, 0.2) is 84.9 Å². The highest BCUT2D eigenvalue weighted by Crippen LogP contribution is 2.26. The second kappa shape index (κ2) is 9.66. The van der Waals surface area contributed by atoms with Crippen LogP contribution in [-0.2, 0) is 4.79 Å². The fourth-order valence-electron chi connectivity index (χ4n) is 3.17. The minimum absolute atomic E-state index is 0.225. The van der Waals surface area contributed by atoms with E-state index in [0.717, 1.165) is 22.3 Å². The summed E-state index contributed by atoms with van der Waals surface area (Å²) in [5, 5.41) is 8.28. The van der Waals surface area contributed by atoms with Gasteiger partial charge in [-0.3, -0.25) is 15.4 Å². The summed E-state index contributed by atoms with van der Waals surface area (Å²) in [6.45, 7) is 2.04. The Balaban J connectivity index is 1.99. The van der Waals surface area contributed by atoms with Crippen molar-refractivity contribution >= 4 is 11.9 Å². The maximum absolute atomic E-state index is 12.9. The molecule has 0 radical (unpaired) electrons. The fourth-order valence-corrected chi connectivity index (χ4v) is 3.17. The van der Waals surface area contributed by atoms with Crippen molar-refractivity contribution in [3.8, 4) is 0 Å². The lowest BCUT2D eigenvalue weighted by atomic mass is 9.95. The zero-order valence-electron chi connectivity index (χ0n) is 16.6. The van der Waals surface area contributed by atoms with E-state index in [2.05, 4.69) is 40.2 Å². The summed E-state index contributed by atoms with van der Waals surface area (Å²) in [6.07, 6.45) is 0. The molecule has 0 spiro atoms. The summed E-state index contributed by atoms with van der Waals surface area (Å²) in [7, 11) is 1.48. The molecule has 0 fully saturated rings. The van der Waals surface area contributed by atoms with Crippen molar-refractivity contribution in [3.63, 3.8) is 0 Å². The summed E-state index contributed by atoms with van der Waals surface area (Å²) < 4.78 is 0. The van der Waals surface area contributed by atoms with Gasteiger partial charge in [0.15, 0.2) is 0 Å². The molecule has 0 unspecified atom stereocenters. The number of aryl methyl sites for hydroxylation is 1. The minimum Gasteiger partial charge on any atom is -0.341 e. The van der Waals surface area contributed by atoms with E-state index in [1.807, 2.05) is 67.6 Å². The van der Waals surface area contributed by atoms with E-state index in [1.54, 1.807) is 0 Å². The summed E-state index contributed by atoms with van der Waals surface area (Å²) in [5.74, 6) is -0.413. The van der Waals surface area contributed by atoms with Gasteiger partial charge in [0, 0.05) is 7.05 Å². The lowest BCUT2D eigenvalue weighted by Gasteiger charge is -2.26. The minimum atomic E-state index is -0.708. The molecule has 0 heterocycles. The largest absolute Gasteiger partial charge is 0.341 e. The first kappa shape index (κ1) is 20.3. The maximum atomic E-state index is 12.9. The highest BCUT2D eigenvalue weighted by atomic mass is 16.2. The molecule has 0 aliphatic rings. The molecular weight excluding hydrogens is 362 g/mol. The number of hydrogen-bond acceptors (Lipinski definition) is 3. The summed E-state index contributed by atoms with van der Waals surface area (Å²) in [5.41, 5.74) is 4.01. The first-order valence-electron chi connectivity index (χ1n) is 9.53. The Labute approximate surface area is 171 Å². The number of carbonyl (C=O) groups is 2. The third kappa shape index (κ3) is 5.30. The standard InChI is InChI=1S/C24H25N3O2/c1-17-13-15-20(16-14-17)21(18-9-5-3-6-10-18)26-22(19-11-7-4-8-12-19)23(28)27-24(29)25-2/h3-16,21-22,26H,1-2H3,(H2,25,27,28,29)/t21-,22-/m0/s1. The quantitative estimate of drug-likeness (QED) is 0.601. The summed E-state index contributed by atoms with van der Waals surface area (Å²) in [4.78, 5) is 24.7. The molecule has 3 aromatic rings. The molecule has 3 aromatic carbocycles. The topological polar surface area (TPSA) is 70.2 Å². The van der Waals surface area contributed by atoms with Crippen LogP contribution >= 0.6 is 0 Å². The molecular formula is C24H25N3O2. The van der Waals surface area contributed by atoms with Crippen LogP contribution in [0.5, 0.6) is 0 Å². The van der Waals surface area contributed by atoms with Crippen LogP contribution < -0.4 is 16.0 Å². The predicted molar refractivity (Wildman–Crippen MR) is 114 cm³/mol. The molecule has 0 aromatic heterocycles. The van der Waals surface area contributed by atoms with Crippen molar-refractivity contribution in [2.45, 2.75) is 19.0 Å². The van der Waals surface area contributed by atoms with Crippen molar-refractivity contribution in [2.24, 2.45) is 0 Å². The summed E-state index contributed by atoms with van der Waals surface area (Å²) in [6, 6.07) is 26.1. The number of imide groups is 1. The van der Waals surface area contributed by atoms with E-state index in [4.69, 9.17) is 0 Å². The van der Waals surface area contributed by atoms with E-state index in [0.29, 0.717) is 0 Å². The molecule has 0 aliphatic heterocycles. The Morgan fingerprint density at radius 3 is 1.79 bits per heavy atom. The zero-order chi connectivity index (χ0) is 20.6. The Hall–Kier alpha value is -3.44. The van der Waals surface area contributed by atoms with Crippen LogP contribution in [0, 0.1) is 6.92 Å². The van der Waals surface area contributed by atoms with Crippen molar-refractivity contribution in [3.05, 3.63) is 107 Å². The van der Waals surface area contributed by atoms with Gasteiger partial charge < -0.3 is 5.32 Å². The molecule has 0 saturated carbocycles. The van der Waals surface area contributed by atoms with Crippen LogP contribution in [0.4, 0.5) is 4.79 Å². The van der Waals surface area contributed by atoms with Gasteiger partial charge in [0.1, 0.15) is 6.04 Å². The molecule has 3 rings (SSSR count). The van der Waals surface area contributed by atoms with Gasteiger partial charge in [-0.05, 0) is 23.6 Å². The maximum Gasteiger partial charge on any atom is 0.321 e. The Bertz CT molecular complexity index is 941. The smallest absolute Gasteiger partial charge is 0.321 e. The monoisotopic (exact) mass is 387 g/mol. The van der Waals surface area contributed by atoms with Gasteiger partial charge in [-0.25, -0.2) is 4.79 Å². The molecule has 5 heteroatoms. The number of hydrogen-bond donors (Lipinski definition) is 3. The Morgan fingerprint density at radius 1 is 0.724 bits per heavy atom. The van der Waals surface area contributed by atoms with Crippen molar-refractivity contribution in [2.75, 3.05) is 7.05 Å².